The van der Waals surface area contributed by atoms with Crippen molar-refractivity contribution in [2.75, 3.05) is 7.11 Å². The zero-order valence-electron chi connectivity index (χ0n) is 15.6. The van der Waals surface area contributed by atoms with E-state index in [1.54, 1.807) is 30.3 Å². The van der Waals surface area contributed by atoms with E-state index in [-0.39, 0.29) is 28.3 Å². The van der Waals surface area contributed by atoms with Gasteiger partial charge in [-0.1, -0.05) is 12.1 Å². The fourth-order valence-electron chi connectivity index (χ4n) is 2.72. The second kappa shape index (κ2) is 7.54. The van der Waals surface area contributed by atoms with Crippen molar-refractivity contribution in [3.05, 3.63) is 53.3 Å². The van der Waals surface area contributed by atoms with Gasteiger partial charge in [-0.25, -0.2) is 4.79 Å². The fraction of sp³-hybridized carbons (Fsp3) is 0.105. The van der Waals surface area contributed by atoms with Gasteiger partial charge < -0.3 is 9.15 Å². The summed E-state index contributed by atoms with van der Waals surface area (Å²) >= 11 is 0.179. The van der Waals surface area contributed by atoms with E-state index in [4.69, 9.17) is 9.83 Å². The highest BCUT2D eigenvalue weighted by molar-refractivity contribution is 8.27. The molecule has 0 radical (unpaired) electrons. The van der Waals surface area contributed by atoms with E-state index in [1.807, 2.05) is 0 Å². The largest absolute Gasteiger partial charge is 0.465 e. The average Bonchev–Trinajstić information content (AvgIpc) is 3.38. The molecule has 0 fully saturated rings. The lowest BCUT2D eigenvalue weighted by atomic mass is 10.1. The predicted molar refractivity (Wildman–Crippen MR) is 107 cm³/mol. The first-order valence-electron chi connectivity index (χ1n) is 8.53. The number of nitrogens with zero attached hydrogens (tertiary/aromatic N) is 3. The minimum absolute atomic E-state index is 0.179. The van der Waals surface area contributed by atoms with Crippen molar-refractivity contribution in [2.45, 2.75) is 6.18 Å². The SMILES string of the molecule is COC(=O)c1ccc(-c2ccc(/C=C3/C(=N)N4N=C(C(F)(F)F)SC4=NC3=O)o2)cc1. The maximum atomic E-state index is 12.9. The lowest BCUT2D eigenvalue weighted by molar-refractivity contribution is -0.114. The Morgan fingerprint density at radius 2 is 1.94 bits per heavy atom. The molecule has 3 heterocycles. The molecule has 1 N–H and O–H groups in total. The summed E-state index contributed by atoms with van der Waals surface area (Å²) in [6, 6.07) is 9.53. The van der Waals surface area contributed by atoms with Crippen molar-refractivity contribution in [3.63, 3.8) is 0 Å². The molecule has 2 aliphatic rings. The zero-order valence-corrected chi connectivity index (χ0v) is 16.4. The number of hydrogen-bond donors (Lipinski definition) is 1. The number of fused-ring (bicyclic) bond motifs is 1. The van der Waals surface area contributed by atoms with Gasteiger partial charge in [-0.15, -0.1) is 0 Å². The number of carbonyl (C=O) groups excluding carboxylic acids is 2. The summed E-state index contributed by atoms with van der Waals surface area (Å²) in [7, 11) is 1.27. The van der Waals surface area contributed by atoms with E-state index < -0.39 is 28.9 Å². The maximum absolute atomic E-state index is 12.9. The van der Waals surface area contributed by atoms with Crippen LogP contribution in [0.3, 0.4) is 0 Å². The Hall–Kier alpha value is -3.67. The van der Waals surface area contributed by atoms with Gasteiger partial charge >= 0.3 is 12.1 Å². The minimum atomic E-state index is -4.71. The number of halogens is 3. The van der Waals surface area contributed by atoms with Crippen LogP contribution in [0.2, 0.25) is 0 Å². The smallest absolute Gasteiger partial charge is 0.441 e. The van der Waals surface area contributed by atoms with Crippen molar-refractivity contribution in [3.8, 4) is 11.3 Å². The van der Waals surface area contributed by atoms with Crippen molar-refractivity contribution >= 4 is 45.8 Å². The van der Waals surface area contributed by atoms with E-state index in [9.17, 15) is 22.8 Å². The number of amidine groups is 2. The van der Waals surface area contributed by atoms with Crippen molar-refractivity contribution in [2.24, 2.45) is 10.1 Å². The molecule has 0 aliphatic carbocycles. The summed E-state index contributed by atoms with van der Waals surface area (Å²) in [5.41, 5.74) is 0.730. The van der Waals surface area contributed by atoms with E-state index in [2.05, 4.69) is 14.8 Å². The third-order valence-corrected chi connectivity index (χ3v) is 5.15. The monoisotopic (exact) mass is 448 g/mol. The number of methoxy groups -OCH3 is 1. The van der Waals surface area contributed by atoms with Crippen LogP contribution in [0.25, 0.3) is 17.4 Å². The highest BCUT2D eigenvalue weighted by Crippen LogP contribution is 2.35. The molecule has 12 heteroatoms. The summed E-state index contributed by atoms with van der Waals surface area (Å²) in [5, 5.41) is 10.6. The number of benzene rings is 1. The Bertz CT molecular complexity index is 1200. The number of esters is 1. The van der Waals surface area contributed by atoms with Gasteiger partial charge in [-0.05, 0) is 42.1 Å². The van der Waals surface area contributed by atoms with Gasteiger partial charge in [-0.2, -0.15) is 28.3 Å². The van der Waals surface area contributed by atoms with Crippen molar-refractivity contribution in [1.82, 2.24) is 5.01 Å². The Morgan fingerprint density at radius 1 is 1.23 bits per heavy atom. The van der Waals surface area contributed by atoms with Crippen LogP contribution in [0, 0.1) is 5.41 Å². The second-order valence-electron chi connectivity index (χ2n) is 6.19. The molecule has 0 bridgehead atoms. The van der Waals surface area contributed by atoms with Gasteiger partial charge in [0.15, 0.2) is 5.84 Å². The van der Waals surface area contributed by atoms with Crippen molar-refractivity contribution < 1.29 is 31.9 Å². The number of amides is 1. The lowest BCUT2D eigenvalue weighted by Crippen LogP contribution is -2.35. The number of alkyl halides is 3. The van der Waals surface area contributed by atoms with Crippen LogP contribution in [0.15, 0.2) is 56.5 Å². The van der Waals surface area contributed by atoms with E-state index in [0.29, 0.717) is 21.9 Å². The highest BCUT2D eigenvalue weighted by Gasteiger charge is 2.46. The number of hydrazone groups is 1. The molecule has 0 spiro atoms. The topological polar surface area (TPSA) is 108 Å². The molecule has 0 atom stereocenters. The van der Waals surface area contributed by atoms with Gasteiger partial charge in [-0.3, -0.25) is 10.2 Å². The summed E-state index contributed by atoms with van der Waals surface area (Å²) in [6.07, 6.45) is -3.50. The first-order valence-corrected chi connectivity index (χ1v) is 9.35. The number of ether oxygens (including phenoxy) is 1. The quantitative estimate of drug-likeness (QED) is 0.563. The minimum Gasteiger partial charge on any atom is -0.465 e. The second-order valence-corrected chi connectivity index (χ2v) is 7.15. The van der Waals surface area contributed by atoms with Crippen LogP contribution in [0.1, 0.15) is 16.1 Å². The van der Waals surface area contributed by atoms with Crippen molar-refractivity contribution in [1.29, 1.82) is 5.41 Å². The number of nitrogens with one attached hydrogen (secondary N) is 1. The Balaban J connectivity index is 1.60. The standard InChI is InChI=1S/C19H11F3N4O4S/c1-29-16(28)10-4-2-9(3-5-10)13-7-6-11(30-13)8-12-14(23)26-18(24-15(12)27)31-17(25-26)19(20,21)22/h2-8,23H,1H3/b12-8-,23-14?. The molecule has 0 saturated carbocycles. The number of furan rings is 1. The number of thioether (sulfide) groups is 1. The van der Waals surface area contributed by atoms with Crippen LogP contribution in [0.4, 0.5) is 13.2 Å². The lowest BCUT2D eigenvalue weighted by Gasteiger charge is -2.19. The molecule has 2 aliphatic heterocycles. The molecule has 31 heavy (non-hydrogen) atoms. The summed E-state index contributed by atoms with van der Waals surface area (Å²) in [5.74, 6) is -1.30. The van der Waals surface area contributed by atoms with Crippen LogP contribution >= 0.6 is 11.8 Å². The Kier molecular flexibility index (Phi) is 5.01. The van der Waals surface area contributed by atoms with Crippen LogP contribution in [0.5, 0.6) is 0 Å². The maximum Gasteiger partial charge on any atom is 0.441 e. The summed E-state index contributed by atoms with van der Waals surface area (Å²) in [4.78, 5) is 27.4. The molecule has 1 amide bonds. The Labute approximate surface area is 176 Å². The fourth-order valence-corrected chi connectivity index (χ4v) is 3.48. The molecule has 158 valence electrons. The molecule has 0 saturated heterocycles. The van der Waals surface area contributed by atoms with Gasteiger partial charge in [0.2, 0.25) is 10.2 Å². The van der Waals surface area contributed by atoms with Gasteiger partial charge in [0, 0.05) is 5.56 Å². The molecule has 1 aromatic carbocycles. The average molecular weight is 448 g/mol. The third-order valence-electron chi connectivity index (χ3n) is 4.20. The first-order chi connectivity index (χ1) is 14.7. The van der Waals surface area contributed by atoms with Crippen LogP contribution < -0.4 is 0 Å². The van der Waals surface area contributed by atoms with E-state index >= 15 is 0 Å². The van der Waals surface area contributed by atoms with E-state index in [0.717, 1.165) is 0 Å². The number of aliphatic imine (C=N–C) groups is 1. The molecule has 2 aromatic rings. The Morgan fingerprint density at radius 3 is 2.58 bits per heavy atom. The highest BCUT2D eigenvalue weighted by atomic mass is 32.2. The van der Waals surface area contributed by atoms with E-state index in [1.165, 1.54) is 19.3 Å². The molecule has 0 unspecified atom stereocenters. The predicted octanol–water partition coefficient (Wildman–Crippen LogP) is 3.91. The molecular weight excluding hydrogens is 437 g/mol. The number of hydrogen-bond acceptors (Lipinski definition) is 7. The van der Waals surface area contributed by atoms with Crippen LogP contribution in [-0.4, -0.2) is 46.2 Å². The van der Waals surface area contributed by atoms with Gasteiger partial charge in [0.25, 0.3) is 5.91 Å². The molecular formula is C19H11F3N4O4S. The first kappa shape index (κ1) is 20.6. The normalized spacial score (nSPS) is 17.5. The number of carbonyl (C=O) groups is 2. The molecule has 4 rings (SSSR count). The zero-order chi connectivity index (χ0) is 22.3. The number of rotatable bonds is 3. The van der Waals surface area contributed by atoms with Crippen LogP contribution in [-0.2, 0) is 9.53 Å². The molecule has 1 aromatic heterocycles. The summed E-state index contributed by atoms with van der Waals surface area (Å²) in [6.45, 7) is 0. The van der Waals surface area contributed by atoms with Gasteiger partial charge in [0.05, 0.1) is 18.2 Å². The van der Waals surface area contributed by atoms with Gasteiger partial charge in [0.1, 0.15) is 11.5 Å². The third kappa shape index (κ3) is 3.89. The summed E-state index contributed by atoms with van der Waals surface area (Å²) < 4.78 is 48.9. The molecule has 8 nitrogen and oxygen atoms in total.